The lowest BCUT2D eigenvalue weighted by atomic mass is 9.92. The summed E-state index contributed by atoms with van der Waals surface area (Å²) in [6.45, 7) is 6.18. The highest BCUT2D eigenvalue weighted by atomic mass is 32.2. The number of nitrogens with zero attached hydrogens (tertiary/aromatic N) is 7. The highest BCUT2D eigenvalue weighted by molar-refractivity contribution is 7.88. The second kappa shape index (κ2) is 10.1. The summed E-state index contributed by atoms with van der Waals surface area (Å²) in [5.74, 6) is 2.77. The van der Waals surface area contributed by atoms with Crippen LogP contribution in [0.3, 0.4) is 0 Å². The van der Waals surface area contributed by atoms with E-state index in [0.717, 1.165) is 57.6 Å². The van der Waals surface area contributed by atoms with Crippen LogP contribution >= 0.6 is 0 Å². The lowest BCUT2D eigenvalue weighted by Gasteiger charge is -2.32. The second-order valence-electron chi connectivity index (χ2n) is 8.70. The Labute approximate surface area is 190 Å². The molecule has 11 heteroatoms. The van der Waals surface area contributed by atoms with Crippen molar-refractivity contribution in [1.82, 2.24) is 24.4 Å². The number of rotatable bonds is 8. The van der Waals surface area contributed by atoms with Gasteiger partial charge in [-0.15, -0.1) is 0 Å². The molecule has 0 atom stereocenters. The summed E-state index contributed by atoms with van der Waals surface area (Å²) in [7, 11) is -3.14. The van der Waals surface area contributed by atoms with Crippen LogP contribution in [-0.4, -0.2) is 78.4 Å². The maximum Gasteiger partial charge on any atom is 0.266 e. The van der Waals surface area contributed by atoms with E-state index in [2.05, 4.69) is 31.9 Å². The Morgan fingerprint density at radius 1 is 1.00 bits per heavy atom. The molecule has 0 unspecified atom stereocenters. The van der Waals surface area contributed by atoms with E-state index in [1.165, 1.54) is 16.1 Å². The Hall–Kier alpha value is -2.27. The van der Waals surface area contributed by atoms with E-state index in [4.69, 9.17) is 4.52 Å². The Morgan fingerprint density at radius 2 is 1.66 bits per heavy atom. The molecular formula is C21H33N7O3S. The quantitative estimate of drug-likeness (QED) is 0.578. The molecule has 2 saturated heterocycles. The van der Waals surface area contributed by atoms with Crippen LogP contribution in [0.2, 0.25) is 0 Å². The molecule has 0 radical (unpaired) electrons. The first-order valence-electron chi connectivity index (χ1n) is 11.5. The molecule has 4 rings (SSSR count). The van der Waals surface area contributed by atoms with Gasteiger partial charge in [0.2, 0.25) is 21.9 Å². The van der Waals surface area contributed by atoms with Crippen molar-refractivity contribution in [2.45, 2.75) is 45.4 Å². The van der Waals surface area contributed by atoms with Gasteiger partial charge < -0.3 is 14.3 Å². The minimum atomic E-state index is -3.14. The highest BCUT2D eigenvalue weighted by Gasteiger charge is 2.26. The fourth-order valence-corrected chi connectivity index (χ4v) is 5.18. The number of aromatic nitrogens is 4. The van der Waals surface area contributed by atoms with Crippen molar-refractivity contribution < 1.29 is 12.9 Å². The van der Waals surface area contributed by atoms with Gasteiger partial charge in [0.05, 0.1) is 6.26 Å². The predicted molar refractivity (Wildman–Crippen MR) is 122 cm³/mol. The monoisotopic (exact) mass is 463 g/mol. The van der Waals surface area contributed by atoms with Crippen molar-refractivity contribution in [3.8, 4) is 0 Å². The average Bonchev–Trinajstić information content (AvgIpc) is 3.28. The van der Waals surface area contributed by atoms with Crippen LogP contribution in [0, 0.1) is 5.92 Å². The molecular weight excluding hydrogens is 430 g/mol. The molecule has 0 N–H and O–H groups in total. The average molecular weight is 464 g/mol. The van der Waals surface area contributed by atoms with E-state index >= 15 is 0 Å². The van der Waals surface area contributed by atoms with Crippen LogP contribution < -0.4 is 9.80 Å². The second-order valence-corrected chi connectivity index (χ2v) is 10.7. The molecule has 2 aliphatic rings. The maximum absolute atomic E-state index is 11.6. The van der Waals surface area contributed by atoms with Crippen molar-refractivity contribution in [3.63, 3.8) is 0 Å². The molecule has 2 aromatic rings. The van der Waals surface area contributed by atoms with Crippen molar-refractivity contribution in [2.24, 2.45) is 5.92 Å². The van der Waals surface area contributed by atoms with Crippen molar-refractivity contribution >= 4 is 21.9 Å². The molecule has 0 aromatic carbocycles. The van der Waals surface area contributed by atoms with Crippen molar-refractivity contribution in [1.29, 1.82) is 0 Å². The first kappa shape index (κ1) is 22.9. The van der Waals surface area contributed by atoms with E-state index in [0.29, 0.717) is 43.9 Å². The van der Waals surface area contributed by atoms with Gasteiger partial charge in [-0.25, -0.2) is 18.4 Å². The molecule has 0 spiro atoms. The molecule has 2 fully saturated rings. The molecule has 4 heterocycles. The van der Waals surface area contributed by atoms with Crippen molar-refractivity contribution in [3.05, 3.63) is 23.8 Å². The van der Waals surface area contributed by atoms with E-state index < -0.39 is 10.0 Å². The SMILES string of the molecule is CCc1cnc(N2CCC(CCCc3nc(N4CCN(S(C)(=O)=O)CC4)no3)CC2)nc1. The van der Waals surface area contributed by atoms with Gasteiger partial charge in [0, 0.05) is 58.1 Å². The number of aryl methyl sites for hydroxylation is 2. The minimum absolute atomic E-state index is 0.454. The highest BCUT2D eigenvalue weighted by Crippen LogP contribution is 2.25. The van der Waals surface area contributed by atoms with Crippen LogP contribution in [0.4, 0.5) is 11.9 Å². The first-order chi connectivity index (χ1) is 15.4. The fraction of sp³-hybridized carbons (Fsp3) is 0.714. The van der Waals surface area contributed by atoms with Gasteiger partial charge in [-0.1, -0.05) is 6.92 Å². The van der Waals surface area contributed by atoms with Gasteiger partial charge in [0.15, 0.2) is 0 Å². The smallest absolute Gasteiger partial charge is 0.266 e. The molecule has 0 aliphatic carbocycles. The number of anilines is 2. The molecule has 0 bridgehead atoms. The zero-order valence-corrected chi connectivity index (χ0v) is 19.8. The Kier molecular flexibility index (Phi) is 7.24. The largest absolute Gasteiger partial charge is 0.341 e. The van der Waals surface area contributed by atoms with Crippen molar-refractivity contribution in [2.75, 3.05) is 55.3 Å². The minimum Gasteiger partial charge on any atom is -0.341 e. The third kappa shape index (κ3) is 5.74. The van der Waals surface area contributed by atoms with E-state index in [9.17, 15) is 8.42 Å². The number of piperazine rings is 1. The number of piperidine rings is 1. The fourth-order valence-electron chi connectivity index (χ4n) is 4.35. The van der Waals surface area contributed by atoms with E-state index in [1.807, 2.05) is 17.3 Å². The number of sulfonamides is 1. The molecule has 0 amide bonds. The molecule has 0 saturated carbocycles. The van der Waals surface area contributed by atoms with Gasteiger partial charge >= 0.3 is 0 Å². The molecule has 2 aromatic heterocycles. The van der Waals surface area contributed by atoms with Gasteiger partial charge in [0.1, 0.15) is 0 Å². The van der Waals surface area contributed by atoms with Crippen LogP contribution in [0.1, 0.15) is 44.1 Å². The Bertz CT molecular complexity index is 964. The summed E-state index contributed by atoms with van der Waals surface area (Å²) in [5.41, 5.74) is 1.17. The summed E-state index contributed by atoms with van der Waals surface area (Å²) >= 11 is 0. The maximum atomic E-state index is 11.6. The Balaban J connectivity index is 1.17. The molecule has 2 aliphatic heterocycles. The van der Waals surface area contributed by atoms with Crippen LogP contribution in [0.25, 0.3) is 0 Å². The third-order valence-electron chi connectivity index (χ3n) is 6.45. The lowest BCUT2D eigenvalue weighted by molar-refractivity contribution is 0.343. The summed E-state index contributed by atoms with van der Waals surface area (Å²) in [4.78, 5) is 17.8. The summed E-state index contributed by atoms with van der Waals surface area (Å²) in [5, 5.41) is 4.10. The van der Waals surface area contributed by atoms with Gasteiger partial charge in [0.25, 0.3) is 5.95 Å². The Morgan fingerprint density at radius 3 is 2.28 bits per heavy atom. The van der Waals surface area contributed by atoms with E-state index in [1.54, 1.807) is 0 Å². The number of hydrogen-bond donors (Lipinski definition) is 0. The summed E-state index contributed by atoms with van der Waals surface area (Å²) in [6, 6.07) is 0. The van der Waals surface area contributed by atoms with Gasteiger partial charge in [-0.05, 0) is 48.7 Å². The summed E-state index contributed by atoms with van der Waals surface area (Å²) < 4.78 is 30.2. The third-order valence-corrected chi connectivity index (χ3v) is 7.75. The molecule has 176 valence electrons. The van der Waals surface area contributed by atoms with Crippen LogP contribution in [0.5, 0.6) is 0 Å². The standard InChI is InChI=1S/C21H33N7O3S/c1-3-17-15-22-20(23-16-17)26-9-7-18(8-10-26)5-4-6-19-24-21(25-31-19)27-11-13-28(14-12-27)32(2,29)30/h15-16,18H,3-14H2,1-2H3. The lowest BCUT2D eigenvalue weighted by Crippen LogP contribution is -2.48. The van der Waals surface area contributed by atoms with E-state index in [-0.39, 0.29) is 0 Å². The van der Waals surface area contributed by atoms with Crippen LogP contribution in [0.15, 0.2) is 16.9 Å². The van der Waals surface area contributed by atoms with Gasteiger partial charge in [-0.2, -0.15) is 9.29 Å². The molecule has 10 nitrogen and oxygen atoms in total. The van der Waals surface area contributed by atoms with Gasteiger partial charge in [-0.3, -0.25) is 0 Å². The number of hydrogen-bond acceptors (Lipinski definition) is 9. The summed E-state index contributed by atoms with van der Waals surface area (Å²) in [6.07, 6.45) is 11.3. The zero-order valence-electron chi connectivity index (χ0n) is 19.0. The van der Waals surface area contributed by atoms with Crippen LogP contribution in [-0.2, 0) is 22.9 Å². The zero-order chi connectivity index (χ0) is 22.6. The first-order valence-corrected chi connectivity index (χ1v) is 13.4. The predicted octanol–water partition coefficient (Wildman–Crippen LogP) is 1.74. The normalized spacial score (nSPS) is 18.9. The molecule has 32 heavy (non-hydrogen) atoms. The topological polar surface area (TPSA) is 109 Å².